The smallest absolute Gasteiger partial charge is 0.274 e. The van der Waals surface area contributed by atoms with Crippen LogP contribution in [0, 0.1) is 5.41 Å². The summed E-state index contributed by atoms with van der Waals surface area (Å²) in [5, 5.41) is 0. The van der Waals surface area contributed by atoms with Crippen molar-refractivity contribution in [1.29, 1.82) is 0 Å². The van der Waals surface area contributed by atoms with E-state index in [1.807, 2.05) is 11.0 Å². The fraction of sp³-hybridized carbons (Fsp3) is 0.471. The van der Waals surface area contributed by atoms with E-state index in [4.69, 9.17) is 0 Å². The summed E-state index contributed by atoms with van der Waals surface area (Å²) >= 11 is 0. The molecule has 2 aromatic heterocycles. The van der Waals surface area contributed by atoms with Crippen molar-refractivity contribution in [2.45, 2.75) is 25.3 Å². The fourth-order valence-electron chi connectivity index (χ4n) is 3.91. The van der Waals surface area contributed by atoms with Gasteiger partial charge in [-0.2, -0.15) is 0 Å². The Morgan fingerprint density at radius 3 is 2.83 bits per heavy atom. The Morgan fingerprint density at radius 2 is 2.12 bits per heavy atom. The molecule has 0 bridgehead atoms. The van der Waals surface area contributed by atoms with Gasteiger partial charge in [0.1, 0.15) is 17.8 Å². The monoisotopic (exact) mass is 324 g/mol. The van der Waals surface area contributed by atoms with Crippen LogP contribution in [0.4, 0.5) is 5.82 Å². The molecule has 2 fully saturated rings. The number of likely N-dealkylation sites (tertiary alicyclic amines) is 1. The Labute approximate surface area is 140 Å². The molecule has 1 saturated heterocycles. The van der Waals surface area contributed by atoms with Gasteiger partial charge in [0.2, 0.25) is 0 Å². The summed E-state index contributed by atoms with van der Waals surface area (Å²) in [6.07, 6.45) is 11.3. The second-order valence-electron chi connectivity index (χ2n) is 6.81. The molecule has 0 radical (unpaired) electrons. The van der Waals surface area contributed by atoms with Crippen LogP contribution < -0.4 is 4.90 Å². The van der Waals surface area contributed by atoms with Gasteiger partial charge in [-0.15, -0.1) is 0 Å². The number of hydrogen-bond donors (Lipinski definition) is 0. The lowest BCUT2D eigenvalue weighted by atomic mass is 9.64. The molecule has 2 aromatic rings. The first-order valence-electron chi connectivity index (χ1n) is 8.21. The van der Waals surface area contributed by atoms with Crippen molar-refractivity contribution in [1.82, 2.24) is 24.8 Å². The Balaban J connectivity index is 1.37. The van der Waals surface area contributed by atoms with Crippen molar-refractivity contribution in [3.8, 4) is 0 Å². The average molecular weight is 324 g/mol. The summed E-state index contributed by atoms with van der Waals surface area (Å²) < 4.78 is 0. The standard InChI is InChI=1S/C17H20N6O/c1-22(15-2-4-19-12-21-15)13-8-17(9-13)3-7-23(11-17)16(24)14-10-18-5-6-20-14/h2,4-6,10,12-13H,3,7-9,11H2,1H3. The van der Waals surface area contributed by atoms with Gasteiger partial charge in [0.15, 0.2) is 0 Å². The van der Waals surface area contributed by atoms with E-state index in [-0.39, 0.29) is 11.3 Å². The number of amides is 1. The third-order valence-corrected chi connectivity index (χ3v) is 5.32. The number of anilines is 1. The van der Waals surface area contributed by atoms with E-state index < -0.39 is 0 Å². The molecule has 24 heavy (non-hydrogen) atoms. The first-order chi connectivity index (χ1) is 11.7. The average Bonchev–Trinajstić information content (AvgIpc) is 3.06. The maximum Gasteiger partial charge on any atom is 0.274 e. The highest BCUT2D eigenvalue weighted by Gasteiger charge is 2.50. The minimum absolute atomic E-state index is 0.00687. The molecule has 1 aliphatic carbocycles. The Kier molecular flexibility index (Phi) is 3.63. The van der Waals surface area contributed by atoms with Crippen LogP contribution in [-0.4, -0.2) is 56.9 Å². The molecule has 0 aromatic carbocycles. The highest BCUT2D eigenvalue weighted by Crippen LogP contribution is 2.50. The van der Waals surface area contributed by atoms with E-state index in [1.54, 1.807) is 31.1 Å². The molecule has 7 heteroatoms. The summed E-state index contributed by atoms with van der Waals surface area (Å²) in [6, 6.07) is 2.41. The second kappa shape index (κ2) is 5.81. The summed E-state index contributed by atoms with van der Waals surface area (Å²) in [6.45, 7) is 1.62. The van der Waals surface area contributed by atoms with Crippen molar-refractivity contribution < 1.29 is 4.79 Å². The Bertz CT molecular complexity index is 716. The molecule has 7 nitrogen and oxygen atoms in total. The van der Waals surface area contributed by atoms with Gasteiger partial charge in [-0.3, -0.25) is 9.78 Å². The first kappa shape index (κ1) is 15.0. The zero-order valence-corrected chi connectivity index (χ0v) is 13.7. The highest BCUT2D eigenvalue weighted by atomic mass is 16.2. The molecule has 1 saturated carbocycles. The van der Waals surface area contributed by atoms with Crippen LogP contribution in [0.15, 0.2) is 37.2 Å². The molecule has 124 valence electrons. The molecular formula is C17H20N6O. The van der Waals surface area contributed by atoms with Crippen LogP contribution in [0.5, 0.6) is 0 Å². The van der Waals surface area contributed by atoms with Crippen LogP contribution in [0.2, 0.25) is 0 Å². The van der Waals surface area contributed by atoms with Gasteiger partial charge in [-0.05, 0) is 30.7 Å². The molecule has 1 amide bonds. The Hall–Kier alpha value is -2.57. The van der Waals surface area contributed by atoms with Crippen molar-refractivity contribution in [2.24, 2.45) is 5.41 Å². The van der Waals surface area contributed by atoms with Crippen molar-refractivity contribution in [3.05, 3.63) is 42.9 Å². The van der Waals surface area contributed by atoms with Gasteiger partial charge in [-0.25, -0.2) is 15.0 Å². The largest absolute Gasteiger partial charge is 0.357 e. The molecule has 1 spiro atoms. The molecule has 4 rings (SSSR count). The summed E-state index contributed by atoms with van der Waals surface area (Å²) in [5.74, 6) is 0.947. The highest BCUT2D eigenvalue weighted by molar-refractivity contribution is 5.92. The predicted molar refractivity (Wildman–Crippen MR) is 88.4 cm³/mol. The third-order valence-electron chi connectivity index (χ3n) is 5.32. The number of carbonyl (C=O) groups is 1. The SMILES string of the molecule is CN(c1ccncn1)C1CC2(CCN(C(=O)c3cnccn3)C2)C1. The maximum absolute atomic E-state index is 12.5. The summed E-state index contributed by atoms with van der Waals surface area (Å²) in [7, 11) is 2.08. The van der Waals surface area contributed by atoms with Crippen molar-refractivity contribution >= 4 is 11.7 Å². The zero-order chi connectivity index (χ0) is 16.6. The lowest BCUT2D eigenvalue weighted by Crippen LogP contribution is -2.51. The van der Waals surface area contributed by atoms with Crippen LogP contribution in [0.3, 0.4) is 0 Å². The minimum Gasteiger partial charge on any atom is -0.357 e. The number of hydrogen-bond acceptors (Lipinski definition) is 6. The van der Waals surface area contributed by atoms with Gasteiger partial charge in [-0.1, -0.05) is 0 Å². The van der Waals surface area contributed by atoms with E-state index in [9.17, 15) is 4.79 Å². The van der Waals surface area contributed by atoms with Crippen molar-refractivity contribution in [3.63, 3.8) is 0 Å². The van der Waals surface area contributed by atoms with E-state index in [2.05, 4.69) is 31.9 Å². The minimum atomic E-state index is -0.00687. The predicted octanol–water partition coefficient (Wildman–Crippen LogP) is 1.40. The molecule has 1 aliphatic heterocycles. The number of carbonyl (C=O) groups excluding carboxylic acids is 1. The fourth-order valence-corrected chi connectivity index (χ4v) is 3.91. The van der Waals surface area contributed by atoms with E-state index in [0.29, 0.717) is 11.7 Å². The molecular weight excluding hydrogens is 304 g/mol. The van der Waals surface area contributed by atoms with Gasteiger partial charge in [0.25, 0.3) is 5.91 Å². The van der Waals surface area contributed by atoms with Crippen LogP contribution in [0.1, 0.15) is 29.8 Å². The summed E-state index contributed by atoms with van der Waals surface area (Å²) in [5.41, 5.74) is 0.688. The normalized spacial score (nSPS) is 25.5. The molecule has 0 N–H and O–H groups in total. The molecule has 0 atom stereocenters. The van der Waals surface area contributed by atoms with E-state index in [1.165, 1.54) is 0 Å². The van der Waals surface area contributed by atoms with E-state index >= 15 is 0 Å². The number of nitrogens with zero attached hydrogens (tertiary/aromatic N) is 6. The number of aromatic nitrogens is 4. The lowest BCUT2D eigenvalue weighted by Gasteiger charge is -2.49. The van der Waals surface area contributed by atoms with Crippen molar-refractivity contribution in [2.75, 3.05) is 25.0 Å². The van der Waals surface area contributed by atoms with E-state index in [0.717, 1.165) is 38.2 Å². The third kappa shape index (κ3) is 2.60. The molecule has 3 heterocycles. The summed E-state index contributed by atoms with van der Waals surface area (Å²) in [4.78, 5) is 33.0. The van der Waals surface area contributed by atoms with Crippen LogP contribution in [-0.2, 0) is 0 Å². The van der Waals surface area contributed by atoms with Gasteiger partial charge in [0, 0.05) is 44.8 Å². The lowest BCUT2D eigenvalue weighted by molar-refractivity contribution is 0.0693. The van der Waals surface area contributed by atoms with Crippen LogP contribution in [0.25, 0.3) is 0 Å². The topological polar surface area (TPSA) is 75.1 Å². The second-order valence-corrected chi connectivity index (χ2v) is 6.81. The van der Waals surface area contributed by atoms with Gasteiger partial charge in [0.05, 0.1) is 6.20 Å². The zero-order valence-electron chi connectivity index (χ0n) is 13.7. The van der Waals surface area contributed by atoms with Gasteiger partial charge < -0.3 is 9.80 Å². The Morgan fingerprint density at radius 1 is 1.25 bits per heavy atom. The number of rotatable bonds is 3. The van der Waals surface area contributed by atoms with Crippen LogP contribution >= 0.6 is 0 Å². The maximum atomic E-state index is 12.5. The van der Waals surface area contributed by atoms with Gasteiger partial charge >= 0.3 is 0 Å². The quantitative estimate of drug-likeness (QED) is 0.849. The molecule has 2 aliphatic rings. The molecule has 0 unspecified atom stereocenters. The first-order valence-corrected chi connectivity index (χ1v) is 8.21.